The molecule has 0 bridgehead atoms. The maximum absolute atomic E-state index is 11.7. The molecule has 0 saturated carbocycles. The number of rotatable bonds is 5. The molecule has 4 rings (SSSR count). The van der Waals surface area contributed by atoms with Crippen molar-refractivity contribution < 1.29 is 29.3 Å². The van der Waals surface area contributed by atoms with Gasteiger partial charge in [0.15, 0.2) is 0 Å². The van der Waals surface area contributed by atoms with Crippen LogP contribution in [-0.2, 0) is 33.6 Å². The number of nitrogens with one attached hydrogen (secondary N) is 1. The Bertz CT molecular complexity index is 1010. The molecule has 1 aliphatic heterocycles. The number of carbonyl (C=O) groups excluding carboxylic acids is 1. The lowest BCUT2D eigenvalue weighted by atomic mass is 9.92. The van der Waals surface area contributed by atoms with Crippen molar-refractivity contribution in [1.82, 2.24) is 0 Å². The summed E-state index contributed by atoms with van der Waals surface area (Å²) in [7, 11) is 0. The minimum absolute atomic E-state index is 0.271. The third kappa shape index (κ3) is 4.66. The molecule has 0 unspecified atom stereocenters. The zero-order valence-corrected chi connectivity index (χ0v) is 17.6. The fourth-order valence-corrected chi connectivity index (χ4v) is 4.50. The van der Waals surface area contributed by atoms with Gasteiger partial charge >= 0.3 is 11.9 Å². The van der Waals surface area contributed by atoms with Crippen molar-refractivity contribution in [3.8, 4) is 17.2 Å². The molecular formula is C24H27NO6. The number of carboxylic acid groups (broad SMARTS) is 1. The van der Waals surface area contributed by atoms with Crippen LogP contribution in [0.25, 0.3) is 0 Å². The number of phenolic OH excluding ortho intramolecular Hbond substituents is 1. The van der Waals surface area contributed by atoms with Gasteiger partial charge in [-0.15, -0.1) is 0 Å². The third-order valence-electron chi connectivity index (χ3n) is 6.10. The monoisotopic (exact) mass is 425 g/mol. The van der Waals surface area contributed by atoms with Crippen LogP contribution in [0.4, 0.5) is 5.69 Å². The largest absolute Gasteiger partial charge is 0.508 e. The summed E-state index contributed by atoms with van der Waals surface area (Å²) in [6.45, 7) is 3.41. The Morgan fingerprint density at radius 3 is 2.65 bits per heavy atom. The number of amides is 1. The molecule has 2 aromatic rings. The molecule has 1 aliphatic carbocycles. The molecule has 3 N–H and O–H groups in total. The lowest BCUT2D eigenvalue weighted by Crippen LogP contribution is -2.22. The second kappa shape index (κ2) is 8.98. The topological polar surface area (TPSA) is 105 Å². The average Bonchev–Trinajstić information content (AvgIpc) is 3.24. The van der Waals surface area contributed by atoms with Gasteiger partial charge in [0.05, 0.1) is 0 Å². The van der Waals surface area contributed by atoms with Crippen LogP contribution in [0.3, 0.4) is 0 Å². The smallest absolute Gasteiger partial charge is 0.394 e. The molecule has 2 aromatic carbocycles. The van der Waals surface area contributed by atoms with E-state index in [1.807, 2.05) is 13.0 Å². The maximum atomic E-state index is 11.7. The predicted molar refractivity (Wildman–Crippen MR) is 115 cm³/mol. The van der Waals surface area contributed by atoms with E-state index in [-0.39, 0.29) is 5.75 Å². The second-order valence-electron chi connectivity index (χ2n) is 8.29. The van der Waals surface area contributed by atoms with Gasteiger partial charge in [0.2, 0.25) is 0 Å². The Labute approximate surface area is 181 Å². The third-order valence-corrected chi connectivity index (χ3v) is 6.10. The van der Waals surface area contributed by atoms with Gasteiger partial charge in [-0.2, -0.15) is 0 Å². The highest BCUT2D eigenvalue weighted by Gasteiger charge is 2.25. The summed E-state index contributed by atoms with van der Waals surface area (Å²) in [5.41, 5.74) is 4.15. The Morgan fingerprint density at radius 2 is 1.90 bits per heavy atom. The van der Waals surface area contributed by atoms with Gasteiger partial charge in [-0.3, -0.25) is 4.79 Å². The first-order chi connectivity index (χ1) is 14.9. The van der Waals surface area contributed by atoms with Crippen LogP contribution in [0.5, 0.6) is 17.2 Å². The lowest BCUT2D eigenvalue weighted by Gasteiger charge is -2.22. The van der Waals surface area contributed by atoms with Crippen LogP contribution < -0.4 is 10.1 Å². The van der Waals surface area contributed by atoms with Crippen molar-refractivity contribution in [1.29, 1.82) is 0 Å². The molecule has 0 aromatic heterocycles. The number of aryl methyl sites for hydroxylation is 1. The van der Waals surface area contributed by atoms with E-state index in [9.17, 15) is 14.7 Å². The number of phenols is 1. The van der Waals surface area contributed by atoms with Crippen LogP contribution in [0.2, 0.25) is 0 Å². The van der Waals surface area contributed by atoms with Crippen LogP contribution >= 0.6 is 0 Å². The normalized spacial score (nSPS) is 16.0. The number of benzene rings is 2. The van der Waals surface area contributed by atoms with Gasteiger partial charge in [0.25, 0.3) is 0 Å². The minimum Gasteiger partial charge on any atom is -0.508 e. The van der Waals surface area contributed by atoms with Crippen molar-refractivity contribution in [2.75, 3.05) is 18.5 Å². The molecule has 1 amide bonds. The van der Waals surface area contributed by atoms with Crippen molar-refractivity contribution in [3.05, 3.63) is 46.5 Å². The number of fused-ring (bicyclic) bond motifs is 1. The van der Waals surface area contributed by atoms with Gasteiger partial charge in [-0.25, -0.2) is 4.79 Å². The van der Waals surface area contributed by atoms with E-state index in [0.717, 1.165) is 79.7 Å². The molecule has 2 aliphatic rings. The van der Waals surface area contributed by atoms with Gasteiger partial charge in [0.1, 0.15) is 17.2 Å². The average molecular weight is 425 g/mol. The number of hydrogen-bond acceptors (Lipinski definition) is 5. The Kier molecular flexibility index (Phi) is 6.13. The number of anilines is 1. The van der Waals surface area contributed by atoms with Crippen molar-refractivity contribution in [2.45, 2.75) is 45.4 Å². The van der Waals surface area contributed by atoms with Gasteiger partial charge in [0, 0.05) is 24.5 Å². The fourth-order valence-electron chi connectivity index (χ4n) is 4.50. The van der Waals surface area contributed by atoms with E-state index in [2.05, 4.69) is 5.32 Å². The summed E-state index contributed by atoms with van der Waals surface area (Å²) in [6.07, 6.45) is 5.22. The van der Waals surface area contributed by atoms with Crippen LogP contribution in [0.15, 0.2) is 24.3 Å². The molecule has 31 heavy (non-hydrogen) atoms. The molecule has 7 nitrogen and oxygen atoms in total. The quantitative estimate of drug-likeness (QED) is 0.626. The van der Waals surface area contributed by atoms with E-state index >= 15 is 0 Å². The lowest BCUT2D eigenvalue weighted by molar-refractivity contribution is -0.147. The molecular weight excluding hydrogens is 398 g/mol. The summed E-state index contributed by atoms with van der Waals surface area (Å²) >= 11 is 0. The number of ether oxygens (including phenoxy) is 2. The van der Waals surface area contributed by atoms with Crippen molar-refractivity contribution in [2.24, 2.45) is 5.92 Å². The van der Waals surface area contributed by atoms with E-state index in [1.54, 1.807) is 18.2 Å². The maximum Gasteiger partial charge on any atom is 0.394 e. The number of carbonyl (C=O) groups is 2. The molecule has 1 fully saturated rings. The molecule has 0 atom stereocenters. The fraction of sp³-hybridized carbons (Fsp3) is 0.417. The Hall–Kier alpha value is -3.06. The molecule has 0 spiro atoms. The first-order valence-electron chi connectivity index (χ1n) is 10.7. The zero-order valence-electron chi connectivity index (χ0n) is 17.6. The van der Waals surface area contributed by atoms with Crippen molar-refractivity contribution >= 4 is 17.6 Å². The number of aromatic hydroxyl groups is 1. The standard InChI is InChI=1S/C24H27NO6/c1-14-11-20(25-23(27)24(28)29)18-3-2-4-19(18)22(14)31-17-5-6-21(26)16(13-17)12-15-7-9-30-10-8-15/h5-6,11,13,15,26H,2-4,7-10,12H2,1H3,(H,25,27)(H,28,29). The summed E-state index contributed by atoms with van der Waals surface area (Å²) < 4.78 is 11.7. The second-order valence-corrected chi connectivity index (χ2v) is 8.29. The highest BCUT2D eigenvalue weighted by Crippen LogP contribution is 2.41. The number of carboxylic acids is 1. The zero-order chi connectivity index (χ0) is 22.0. The summed E-state index contributed by atoms with van der Waals surface area (Å²) in [4.78, 5) is 22.6. The molecule has 7 heteroatoms. The van der Waals surface area contributed by atoms with Crippen molar-refractivity contribution in [3.63, 3.8) is 0 Å². The molecule has 1 saturated heterocycles. The van der Waals surface area contributed by atoms with Crippen LogP contribution in [0.1, 0.15) is 41.5 Å². The van der Waals surface area contributed by atoms with E-state index < -0.39 is 11.9 Å². The number of aliphatic carboxylic acids is 1. The molecule has 1 heterocycles. The molecule has 0 radical (unpaired) electrons. The minimum atomic E-state index is -1.51. The Morgan fingerprint density at radius 1 is 1.16 bits per heavy atom. The first-order valence-corrected chi connectivity index (χ1v) is 10.7. The molecule has 164 valence electrons. The van der Waals surface area contributed by atoms with Crippen LogP contribution in [-0.4, -0.2) is 35.3 Å². The van der Waals surface area contributed by atoms with E-state index in [0.29, 0.717) is 17.4 Å². The van der Waals surface area contributed by atoms with Gasteiger partial charge in [-0.1, -0.05) is 0 Å². The van der Waals surface area contributed by atoms with Gasteiger partial charge < -0.3 is 25.0 Å². The highest BCUT2D eigenvalue weighted by atomic mass is 16.5. The predicted octanol–water partition coefficient (Wildman–Crippen LogP) is 3.97. The van der Waals surface area contributed by atoms with Gasteiger partial charge in [-0.05, 0) is 92.3 Å². The summed E-state index contributed by atoms with van der Waals surface area (Å²) in [6, 6.07) is 7.08. The highest BCUT2D eigenvalue weighted by molar-refractivity contribution is 6.36. The Balaban J connectivity index is 1.59. The summed E-state index contributed by atoms with van der Waals surface area (Å²) in [5, 5.41) is 21.7. The first kappa shape index (κ1) is 21.2. The van der Waals surface area contributed by atoms with E-state index in [4.69, 9.17) is 14.6 Å². The van der Waals surface area contributed by atoms with E-state index in [1.165, 1.54) is 0 Å². The van der Waals surface area contributed by atoms with Crippen LogP contribution in [0, 0.1) is 12.8 Å². The summed E-state index contributed by atoms with van der Waals surface area (Å²) in [5.74, 6) is -0.405. The SMILES string of the molecule is Cc1cc(NC(=O)C(=O)O)c2c(c1Oc1ccc(O)c(CC3CCOCC3)c1)CCC2. The number of hydrogen-bond donors (Lipinski definition) is 3.